The number of carbonyl (C=O) groups excluding carboxylic acids is 4. The highest BCUT2D eigenvalue weighted by atomic mass is 32.1. The van der Waals surface area contributed by atoms with Crippen LogP contribution >= 0.6 is 25.3 Å². The van der Waals surface area contributed by atoms with Gasteiger partial charge in [-0.25, -0.2) is 9.59 Å². The lowest BCUT2D eigenvalue weighted by Crippen LogP contribution is -2.40. The van der Waals surface area contributed by atoms with Crippen LogP contribution in [0.5, 0.6) is 0 Å². The number of urea groups is 2. The van der Waals surface area contributed by atoms with E-state index in [1.165, 1.54) is 9.80 Å². The Morgan fingerprint density at radius 3 is 1.28 bits per heavy atom. The topological polar surface area (TPSA) is 81.2 Å². The number of carbonyl (C=O) groups is 4. The Hall–Kier alpha value is -1.42. The minimum Gasteiger partial charge on any atom is -0.315 e. The van der Waals surface area contributed by atoms with Crippen molar-refractivity contribution in [1.82, 2.24) is 19.6 Å². The number of nitrogens with zero attached hydrogens (tertiary/aromatic N) is 4. The van der Waals surface area contributed by atoms with Gasteiger partial charge in [0.15, 0.2) is 0 Å². The summed E-state index contributed by atoms with van der Waals surface area (Å²) < 4.78 is 0. The van der Waals surface area contributed by atoms with Crippen LogP contribution in [0.2, 0.25) is 0 Å². The number of rotatable bonds is 15. The molecule has 8 nitrogen and oxygen atoms in total. The molecule has 2 aliphatic rings. The van der Waals surface area contributed by atoms with E-state index in [9.17, 15) is 19.2 Å². The molecule has 36 heavy (non-hydrogen) atoms. The summed E-state index contributed by atoms with van der Waals surface area (Å²) in [5.41, 5.74) is -0.337. The van der Waals surface area contributed by atoms with Crippen molar-refractivity contribution in [2.24, 2.45) is 10.8 Å². The molecule has 0 bridgehead atoms. The smallest absolute Gasteiger partial charge is 0.315 e. The molecule has 6 amide bonds. The summed E-state index contributed by atoms with van der Waals surface area (Å²) in [6, 6.07) is -0.361. The minimum atomic E-state index is -0.181. The molecule has 10 heteroatoms. The van der Waals surface area contributed by atoms with E-state index in [1.807, 2.05) is 13.8 Å². The molecular formula is C26H46N4O4S2. The third-order valence-corrected chi connectivity index (χ3v) is 8.37. The standard InChI is InChI=1S/C26H46N4O4S2/c1-7-27-15-21(31)29(23(27)33)17-25(3,4)13-11-19(35)9-10-20(36)12-14-26(5,6)18-30-22(32)16-28(8-2)24(30)34/h19-20,35-36H,7-18H2,1-6H3. The predicted octanol–water partition coefficient (Wildman–Crippen LogP) is 4.54. The van der Waals surface area contributed by atoms with Crippen LogP contribution in [0.4, 0.5) is 9.59 Å². The zero-order chi connectivity index (χ0) is 27.3. The molecule has 0 radical (unpaired) electrons. The van der Waals surface area contributed by atoms with Gasteiger partial charge >= 0.3 is 12.1 Å². The highest BCUT2D eigenvalue weighted by Gasteiger charge is 2.39. The number of amides is 6. The minimum absolute atomic E-state index is 0.112. The lowest BCUT2D eigenvalue weighted by atomic mass is 9.85. The monoisotopic (exact) mass is 542 g/mol. The molecular weight excluding hydrogens is 496 g/mol. The van der Waals surface area contributed by atoms with Gasteiger partial charge in [0.25, 0.3) is 0 Å². The van der Waals surface area contributed by atoms with E-state index in [0.29, 0.717) is 26.2 Å². The number of hydrogen-bond donors (Lipinski definition) is 2. The van der Waals surface area contributed by atoms with E-state index in [-0.39, 0.29) is 58.3 Å². The summed E-state index contributed by atoms with van der Waals surface area (Å²) in [6.45, 7) is 14.5. The zero-order valence-electron chi connectivity index (χ0n) is 23.0. The Labute approximate surface area is 228 Å². The lowest BCUT2D eigenvalue weighted by Gasteiger charge is -2.31. The molecule has 0 aliphatic carbocycles. The highest BCUT2D eigenvalue weighted by Crippen LogP contribution is 2.31. The first kappa shape index (κ1) is 30.8. The third kappa shape index (κ3) is 8.57. The van der Waals surface area contributed by atoms with Crippen molar-refractivity contribution in [2.45, 2.75) is 90.6 Å². The van der Waals surface area contributed by atoms with Crippen LogP contribution in [0.1, 0.15) is 80.1 Å². The van der Waals surface area contributed by atoms with Gasteiger partial charge in [-0.2, -0.15) is 25.3 Å². The lowest BCUT2D eigenvalue weighted by molar-refractivity contribution is -0.127. The molecule has 2 saturated heterocycles. The normalized spacial score (nSPS) is 19.2. The molecule has 2 heterocycles. The maximum atomic E-state index is 12.4. The summed E-state index contributed by atoms with van der Waals surface area (Å²) in [5.74, 6) is -0.223. The molecule has 2 atom stereocenters. The molecule has 0 aromatic heterocycles. The SMILES string of the molecule is CCN1CC(=O)N(CC(C)(C)CCC(S)CCC(S)CCC(C)(C)CN2C(=O)CN(CC)C2=O)C1=O. The molecule has 0 aromatic rings. The second kappa shape index (κ2) is 12.9. The Morgan fingerprint density at radius 1 is 0.667 bits per heavy atom. The largest absolute Gasteiger partial charge is 0.327 e. The molecule has 206 valence electrons. The summed E-state index contributed by atoms with van der Waals surface area (Å²) in [7, 11) is 0. The Balaban J connectivity index is 1.71. The van der Waals surface area contributed by atoms with Gasteiger partial charge in [-0.3, -0.25) is 19.4 Å². The van der Waals surface area contributed by atoms with Crippen LogP contribution in [0.15, 0.2) is 0 Å². The fourth-order valence-electron chi connectivity index (χ4n) is 4.80. The summed E-state index contributed by atoms with van der Waals surface area (Å²) in [6.07, 6.45) is 5.44. The van der Waals surface area contributed by atoms with Gasteiger partial charge in [0.2, 0.25) is 11.8 Å². The van der Waals surface area contributed by atoms with Crippen molar-refractivity contribution >= 4 is 49.1 Å². The molecule has 2 rings (SSSR count). The highest BCUT2D eigenvalue weighted by molar-refractivity contribution is 7.81. The van der Waals surface area contributed by atoms with Gasteiger partial charge < -0.3 is 9.80 Å². The number of thiol groups is 2. The predicted molar refractivity (Wildman–Crippen MR) is 150 cm³/mol. The number of hydrogen-bond acceptors (Lipinski definition) is 6. The summed E-state index contributed by atoms with van der Waals surface area (Å²) >= 11 is 9.59. The van der Waals surface area contributed by atoms with Crippen molar-refractivity contribution in [3.8, 4) is 0 Å². The van der Waals surface area contributed by atoms with Crippen molar-refractivity contribution in [2.75, 3.05) is 39.3 Å². The Morgan fingerprint density at radius 2 is 1.00 bits per heavy atom. The van der Waals surface area contributed by atoms with E-state index in [4.69, 9.17) is 25.3 Å². The van der Waals surface area contributed by atoms with Crippen molar-refractivity contribution in [1.29, 1.82) is 0 Å². The van der Waals surface area contributed by atoms with E-state index >= 15 is 0 Å². The van der Waals surface area contributed by atoms with Crippen molar-refractivity contribution in [3.05, 3.63) is 0 Å². The van der Waals surface area contributed by atoms with Crippen molar-refractivity contribution < 1.29 is 19.2 Å². The van der Waals surface area contributed by atoms with Gasteiger partial charge in [-0.1, -0.05) is 27.7 Å². The third-order valence-electron chi connectivity index (χ3n) is 7.33. The summed E-state index contributed by atoms with van der Waals surface area (Å²) in [5, 5.41) is 0.452. The first-order valence-electron chi connectivity index (χ1n) is 13.2. The first-order valence-corrected chi connectivity index (χ1v) is 14.3. The second-order valence-electron chi connectivity index (χ2n) is 11.8. The molecule has 0 aromatic carbocycles. The number of imide groups is 2. The zero-order valence-corrected chi connectivity index (χ0v) is 24.7. The van der Waals surface area contributed by atoms with Crippen LogP contribution in [0, 0.1) is 10.8 Å². The van der Waals surface area contributed by atoms with Crippen LogP contribution in [-0.2, 0) is 9.59 Å². The maximum absolute atomic E-state index is 12.4. The molecule has 2 fully saturated rings. The van der Waals surface area contributed by atoms with E-state index in [0.717, 1.165) is 38.5 Å². The number of likely N-dealkylation sites (N-methyl/N-ethyl adjacent to an activating group) is 2. The molecule has 0 spiro atoms. The Kier molecular flexibility index (Phi) is 11.0. The molecule has 0 N–H and O–H groups in total. The quantitative estimate of drug-likeness (QED) is 0.235. The van der Waals surface area contributed by atoms with Gasteiger partial charge in [0.05, 0.1) is 0 Å². The molecule has 2 unspecified atom stereocenters. The van der Waals surface area contributed by atoms with Gasteiger partial charge in [0.1, 0.15) is 13.1 Å². The van der Waals surface area contributed by atoms with E-state index in [1.54, 1.807) is 9.80 Å². The van der Waals surface area contributed by atoms with E-state index < -0.39 is 0 Å². The summed E-state index contributed by atoms with van der Waals surface area (Å²) in [4.78, 5) is 55.2. The van der Waals surface area contributed by atoms with E-state index in [2.05, 4.69) is 27.7 Å². The Bertz CT molecular complexity index is 754. The molecule has 0 saturated carbocycles. The molecule has 2 aliphatic heterocycles. The van der Waals surface area contributed by atoms with Gasteiger partial charge in [-0.05, 0) is 63.2 Å². The van der Waals surface area contributed by atoms with Gasteiger partial charge in [-0.15, -0.1) is 0 Å². The fraction of sp³-hybridized carbons (Fsp3) is 0.846. The van der Waals surface area contributed by atoms with Crippen LogP contribution in [0.25, 0.3) is 0 Å². The first-order chi connectivity index (χ1) is 16.7. The van der Waals surface area contributed by atoms with Gasteiger partial charge in [0, 0.05) is 36.7 Å². The van der Waals surface area contributed by atoms with Crippen LogP contribution in [0.3, 0.4) is 0 Å². The average Bonchev–Trinajstić information content (AvgIpc) is 3.23. The van der Waals surface area contributed by atoms with Crippen LogP contribution < -0.4 is 0 Å². The fourth-order valence-corrected chi connectivity index (χ4v) is 5.35. The van der Waals surface area contributed by atoms with Crippen molar-refractivity contribution in [3.63, 3.8) is 0 Å². The second-order valence-corrected chi connectivity index (χ2v) is 13.3. The maximum Gasteiger partial charge on any atom is 0.327 e. The van der Waals surface area contributed by atoms with Crippen LogP contribution in [-0.4, -0.2) is 93.2 Å². The average molecular weight is 543 g/mol.